The first-order valence-electron chi connectivity index (χ1n) is 3.81. The van der Waals surface area contributed by atoms with E-state index in [1.807, 2.05) is 6.92 Å². The quantitative estimate of drug-likeness (QED) is 0.770. The van der Waals surface area contributed by atoms with Gasteiger partial charge in [-0.25, -0.2) is 4.79 Å². The third kappa shape index (κ3) is 1.92. The van der Waals surface area contributed by atoms with Crippen LogP contribution in [0.5, 0.6) is 5.75 Å². The summed E-state index contributed by atoms with van der Waals surface area (Å²) in [5, 5.41) is 18.1. The van der Waals surface area contributed by atoms with Crippen molar-refractivity contribution in [2.45, 2.75) is 13.3 Å². The number of carboxylic acid groups (broad SMARTS) is 1. The summed E-state index contributed by atoms with van der Waals surface area (Å²) in [6.07, 6.45) is 0.548. The number of rotatable bonds is 2. The van der Waals surface area contributed by atoms with Crippen LogP contribution >= 0.6 is 11.6 Å². The first-order valence-corrected chi connectivity index (χ1v) is 4.18. The maximum absolute atomic E-state index is 10.6. The normalized spacial score (nSPS) is 10.0. The molecule has 1 aromatic carbocycles. The summed E-state index contributed by atoms with van der Waals surface area (Å²) in [6.45, 7) is 1.82. The molecule has 4 heteroatoms. The number of aromatic carboxylic acids is 1. The molecule has 0 aliphatic heterocycles. The zero-order chi connectivity index (χ0) is 10.0. The van der Waals surface area contributed by atoms with E-state index in [9.17, 15) is 9.90 Å². The fourth-order valence-electron chi connectivity index (χ4n) is 1.05. The Bertz CT molecular complexity index is 347. The van der Waals surface area contributed by atoms with Crippen molar-refractivity contribution in [3.63, 3.8) is 0 Å². The molecule has 0 unspecified atom stereocenters. The zero-order valence-corrected chi connectivity index (χ0v) is 7.80. The summed E-state index contributed by atoms with van der Waals surface area (Å²) in [5.41, 5.74) is 0.643. The second kappa shape index (κ2) is 3.66. The van der Waals surface area contributed by atoms with Crippen molar-refractivity contribution < 1.29 is 15.0 Å². The van der Waals surface area contributed by atoms with Gasteiger partial charge in [0, 0.05) is 0 Å². The molecule has 0 aliphatic rings. The molecule has 0 aromatic heterocycles. The second-order valence-electron chi connectivity index (χ2n) is 2.62. The van der Waals surface area contributed by atoms with Gasteiger partial charge in [0.2, 0.25) is 0 Å². The van der Waals surface area contributed by atoms with E-state index in [2.05, 4.69) is 0 Å². The van der Waals surface area contributed by atoms with Crippen molar-refractivity contribution in [2.75, 3.05) is 0 Å². The lowest BCUT2D eigenvalue weighted by Crippen LogP contribution is -1.97. The lowest BCUT2D eigenvalue weighted by molar-refractivity contribution is 0.0697. The van der Waals surface area contributed by atoms with Crippen LogP contribution in [-0.4, -0.2) is 16.2 Å². The Labute approximate surface area is 80.6 Å². The van der Waals surface area contributed by atoms with Crippen molar-refractivity contribution in [1.29, 1.82) is 0 Å². The van der Waals surface area contributed by atoms with Gasteiger partial charge in [-0.05, 0) is 24.1 Å². The third-order valence-electron chi connectivity index (χ3n) is 1.77. The van der Waals surface area contributed by atoms with Crippen molar-refractivity contribution in [1.82, 2.24) is 0 Å². The minimum Gasteiger partial charge on any atom is -0.506 e. The van der Waals surface area contributed by atoms with E-state index in [0.29, 0.717) is 12.0 Å². The Balaban J connectivity index is 3.30. The fourth-order valence-corrected chi connectivity index (χ4v) is 1.29. The standard InChI is InChI=1S/C9H9ClO3/c1-2-5-3-6(9(12)13)4-7(10)8(5)11/h3-4,11H,2H2,1H3,(H,12,13). The molecule has 70 valence electrons. The second-order valence-corrected chi connectivity index (χ2v) is 3.03. The molecule has 0 amide bonds. The third-order valence-corrected chi connectivity index (χ3v) is 2.06. The van der Waals surface area contributed by atoms with E-state index in [-0.39, 0.29) is 16.3 Å². The Morgan fingerprint density at radius 3 is 2.62 bits per heavy atom. The smallest absolute Gasteiger partial charge is 0.335 e. The number of phenolic OH excluding ortho intramolecular Hbond substituents is 1. The summed E-state index contributed by atoms with van der Waals surface area (Å²) in [7, 11) is 0. The number of aromatic hydroxyl groups is 1. The molecule has 0 fully saturated rings. The molecule has 0 radical (unpaired) electrons. The van der Waals surface area contributed by atoms with E-state index in [1.54, 1.807) is 0 Å². The lowest BCUT2D eigenvalue weighted by atomic mass is 10.1. The largest absolute Gasteiger partial charge is 0.506 e. The Hall–Kier alpha value is -1.22. The lowest BCUT2D eigenvalue weighted by Gasteiger charge is -2.04. The van der Waals surface area contributed by atoms with Crippen LogP contribution < -0.4 is 0 Å². The summed E-state index contributed by atoms with van der Waals surface area (Å²) in [6, 6.07) is 2.65. The monoisotopic (exact) mass is 200 g/mol. The van der Waals surface area contributed by atoms with Crippen molar-refractivity contribution >= 4 is 17.6 Å². The van der Waals surface area contributed by atoms with E-state index in [4.69, 9.17) is 16.7 Å². The fraction of sp³-hybridized carbons (Fsp3) is 0.222. The predicted molar refractivity (Wildman–Crippen MR) is 49.5 cm³/mol. The van der Waals surface area contributed by atoms with Crippen molar-refractivity contribution in [3.05, 3.63) is 28.3 Å². The molecule has 0 heterocycles. The average molecular weight is 201 g/mol. The number of phenols is 1. The minimum absolute atomic E-state index is 0.0332. The van der Waals surface area contributed by atoms with Gasteiger partial charge in [-0.15, -0.1) is 0 Å². The van der Waals surface area contributed by atoms with E-state index in [1.165, 1.54) is 12.1 Å². The molecule has 1 aromatic rings. The van der Waals surface area contributed by atoms with Crippen LogP contribution in [0.2, 0.25) is 5.02 Å². The van der Waals surface area contributed by atoms with E-state index in [0.717, 1.165) is 0 Å². The highest BCUT2D eigenvalue weighted by Gasteiger charge is 2.10. The van der Waals surface area contributed by atoms with Crippen LogP contribution in [-0.2, 0) is 6.42 Å². The van der Waals surface area contributed by atoms with Crippen LogP contribution in [0.15, 0.2) is 12.1 Å². The van der Waals surface area contributed by atoms with Gasteiger partial charge in [0.1, 0.15) is 5.75 Å². The van der Waals surface area contributed by atoms with Gasteiger partial charge in [0.05, 0.1) is 10.6 Å². The minimum atomic E-state index is -1.04. The van der Waals surface area contributed by atoms with Crippen LogP contribution in [0.1, 0.15) is 22.8 Å². The van der Waals surface area contributed by atoms with Crippen molar-refractivity contribution in [2.24, 2.45) is 0 Å². The number of aryl methyl sites for hydroxylation is 1. The molecule has 2 N–H and O–H groups in total. The van der Waals surface area contributed by atoms with E-state index < -0.39 is 5.97 Å². The Morgan fingerprint density at radius 1 is 1.54 bits per heavy atom. The highest BCUT2D eigenvalue weighted by Crippen LogP contribution is 2.29. The SMILES string of the molecule is CCc1cc(C(=O)O)cc(Cl)c1O. The van der Waals surface area contributed by atoms with Gasteiger partial charge in [0.25, 0.3) is 0 Å². The summed E-state index contributed by atoms with van der Waals surface area (Å²) in [4.78, 5) is 10.6. The molecule has 0 saturated carbocycles. The predicted octanol–water partition coefficient (Wildman–Crippen LogP) is 2.31. The molecular formula is C9H9ClO3. The summed E-state index contributed by atoms with van der Waals surface area (Å²) in [5.74, 6) is -1.08. The Kier molecular flexibility index (Phi) is 2.78. The number of benzene rings is 1. The number of hydrogen-bond donors (Lipinski definition) is 2. The molecular weight excluding hydrogens is 192 g/mol. The zero-order valence-electron chi connectivity index (χ0n) is 7.04. The molecule has 3 nitrogen and oxygen atoms in total. The highest BCUT2D eigenvalue weighted by molar-refractivity contribution is 6.32. The molecule has 0 atom stereocenters. The van der Waals surface area contributed by atoms with Gasteiger partial charge < -0.3 is 10.2 Å². The molecule has 1 rings (SSSR count). The number of carbonyl (C=O) groups is 1. The van der Waals surface area contributed by atoms with E-state index >= 15 is 0 Å². The molecule has 0 saturated heterocycles. The maximum Gasteiger partial charge on any atom is 0.335 e. The molecule has 13 heavy (non-hydrogen) atoms. The molecule has 0 spiro atoms. The highest BCUT2D eigenvalue weighted by atomic mass is 35.5. The first kappa shape index (κ1) is 9.86. The molecule has 0 bridgehead atoms. The number of hydrogen-bond acceptors (Lipinski definition) is 2. The first-order chi connectivity index (χ1) is 6.06. The molecule has 0 aliphatic carbocycles. The van der Waals surface area contributed by atoms with Crippen LogP contribution in [0, 0.1) is 0 Å². The Morgan fingerprint density at radius 2 is 2.15 bits per heavy atom. The van der Waals surface area contributed by atoms with Gasteiger partial charge in [-0.2, -0.15) is 0 Å². The van der Waals surface area contributed by atoms with Gasteiger partial charge in [-0.3, -0.25) is 0 Å². The van der Waals surface area contributed by atoms with Crippen molar-refractivity contribution in [3.8, 4) is 5.75 Å². The summed E-state index contributed by atoms with van der Waals surface area (Å²) >= 11 is 5.63. The maximum atomic E-state index is 10.6. The number of halogens is 1. The van der Waals surface area contributed by atoms with Gasteiger partial charge >= 0.3 is 5.97 Å². The topological polar surface area (TPSA) is 57.5 Å². The van der Waals surface area contributed by atoms with Crippen LogP contribution in [0.4, 0.5) is 0 Å². The van der Waals surface area contributed by atoms with Crippen LogP contribution in [0.25, 0.3) is 0 Å². The van der Waals surface area contributed by atoms with Gasteiger partial charge in [0.15, 0.2) is 0 Å². The van der Waals surface area contributed by atoms with Gasteiger partial charge in [-0.1, -0.05) is 18.5 Å². The summed E-state index contributed by atoms with van der Waals surface area (Å²) < 4.78 is 0. The number of carboxylic acids is 1. The van der Waals surface area contributed by atoms with Crippen LogP contribution in [0.3, 0.4) is 0 Å². The average Bonchev–Trinajstić information content (AvgIpc) is 2.09.